The van der Waals surface area contributed by atoms with Gasteiger partial charge in [0.15, 0.2) is 5.82 Å². The van der Waals surface area contributed by atoms with Crippen LogP contribution in [0.4, 0.5) is 5.82 Å². The summed E-state index contributed by atoms with van der Waals surface area (Å²) in [4.78, 5) is 23.1. The van der Waals surface area contributed by atoms with Gasteiger partial charge >= 0.3 is 5.97 Å². The first-order valence-electron chi connectivity index (χ1n) is 8.45. The predicted octanol–water partition coefficient (Wildman–Crippen LogP) is 4.84. The summed E-state index contributed by atoms with van der Waals surface area (Å²) in [5.74, 6) is 0.786. The summed E-state index contributed by atoms with van der Waals surface area (Å²) < 4.78 is 0. The van der Waals surface area contributed by atoms with Crippen molar-refractivity contribution in [3.05, 3.63) is 64.5 Å². The van der Waals surface area contributed by atoms with E-state index in [-0.39, 0.29) is 19.0 Å². The van der Waals surface area contributed by atoms with Gasteiger partial charge in [0.2, 0.25) is 0 Å². The quantitative estimate of drug-likeness (QED) is 0.611. The topological polar surface area (TPSA) is 66.3 Å². The molecule has 0 aliphatic carbocycles. The minimum absolute atomic E-state index is 0. The maximum Gasteiger partial charge on any atom is 0.323 e. The molecule has 5 nitrogen and oxygen atoms in total. The molecule has 0 aliphatic heterocycles. The Morgan fingerprint density at radius 2 is 1.93 bits per heavy atom. The van der Waals surface area contributed by atoms with Gasteiger partial charge in [-0.2, -0.15) is 0 Å². The van der Waals surface area contributed by atoms with Crippen molar-refractivity contribution >= 4 is 35.5 Å². The van der Waals surface area contributed by atoms with Crippen LogP contribution in [0.15, 0.2) is 54.0 Å². The number of rotatable bonds is 7. The summed E-state index contributed by atoms with van der Waals surface area (Å²) in [6.45, 7) is 4.70. The van der Waals surface area contributed by atoms with Crippen molar-refractivity contribution < 1.29 is 9.90 Å². The number of nitrogens with zero attached hydrogens (tertiary/aromatic N) is 3. The summed E-state index contributed by atoms with van der Waals surface area (Å²) in [6.07, 6.45) is 1.68. The summed E-state index contributed by atoms with van der Waals surface area (Å²) in [5.41, 5.74) is 2.18. The van der Waals surface area contributed by atoms with Crippen LogP contribution in [0.25, 0.3) is 11.4 Å². The van der Waals surface area contributed by atoms with Crippen LogP contribution in [0, 0.1) is 0 Å². The van der Waals surface area contributed by atoms with Gasteiger partial charge in [-0.3, -0.25) is 4.79 Å². The third-order valence-corrected chi connectivity index (χ3v) is 4.91. The summed E-state index contributed by atoms with van der Waals surface area (Å²) in [5, 5.41) is 11.2. The fraction of sp³-hybridized carbons (Fsp3) is 0.250. The van der Waals surface area contributed by atoms with E-state index in [1.165, 1.54) is 5.56 Å². The second kappa shape index (κ2) is 9.48. The van der Waals surface area contributed by atoms with Gasteiger partial charge in [-0.15, -0.1) is 23.7 Å². The lowest BCUT2D eigenvalue weighted by Gasteiger charge is -2.21. The molecule has 2 heterocycles. The number of carboxylic acids is 1. The number of halogens is 1. The minimum Gasteiger partial charge on any atom is -0.480 e. The highest BCUT2D eigenvalue weighted by Crippen LogP contribution is 2.23. The lowest BCUT2D eigenvalue weighted by atomic mass is 10.0. The monoisotopic (exact) mass is 403 g/mol. The van der Waals surface area contributed by atoms with Crippen molar-refractivity contribution in [1.29, 1.82) is 0 Å². The third kappa shape index (κ3) is 5.52. The number of hydrogen-bond acceptors (Lipinski definition) is 5. The average molecular weight is 404 g/mol. The van der Waals surface area contributed by atoms with Gasteiger partial charge in [-0.1, -0.05) is 44.2 Å². The highest BCUT2D eigenvalue weighted by Gasteiger charge is 2.15. The molecule has 0 atom stereocenters. The van der Waals surface area contributed by atoms with E-state index in [1.54, 1.807) is 28.5 Å². The number of carbonyl (C=O) groups is 1. The average Bonchev–Trinajstić information content (AvgIpc) is 3.14. The Balaban J connectivity index is 0.00000261. The van der Waals surface area contributed by atoms with Crippen LogP contribution in [-0.4, -0.2) is 27.6 Å². The van der Waals surface area contributed by atoms with Gasteiger partial charge in [-0.25, -0.2) is 9.97 Å². The van der Waals surface area contributed by atoms with Gasteiger partial charge in [0.25, 0.3) is 0 Å². The molecule has 3 aromatic rings. The van der Waals surface area contributed by atoms with Crippen molar-refractivity contribution in [2.24, 2.45) is 0 Å². The van der Waals surface area contributed by atoms with E-state index in [0.717, 1.165) is 10.4 Å². The van der Waals surface area contributed by atoms with E-state index in [1.807, 2.05) is 29.6 Å². The highest BCUT2D eigenvalue weighted by atomic mass is 35.5. The molecule has 0 bridgehead atoms. The van der Waals surface area contributed by atoms with E-state index in [4.69, 9.17) is 0 Å². The predicted molar refractivity (Wildman–Crippen MR) is 112 cm³/mol. The third-order valence-electron chi connectivity index (χ3n) is 4.05. The Labute approximate surface area is 169 Å². The van der Waals surface area contributed by atoms with Gasteiger partial charge in [0.05, 0.1) is 6.54 Å². The molecule has 142 valence electrons. The summed E-state index contributed by atoms with van der Waals surface area (Å²) in [7, 11) is 0. The first kappa shape index (κ1) is 20.9. The number of aliphatic carboxylic acids is 1. The molecule has 0 fully saturated rings. The van der Waals surface area contributed by atoms with Crippen LogP contribution in [0.3, 0.4) is 0 Å². The highest BCUT2D eigenvalue weighted by molar-refractivity contribution is 7.09. The SMILES string of the molecule is CC(C)c1ccc(-c2nccc(N(CC(=O)O)Cc3cccs3)n2)cc1.Cl. The minimum atomic E-state index is -0.886. The molecule has 0 saturated carbocycles. The van der Waals surface area contributed by atoms with Gasteiger partial charge in [0.1, 0.15) is 12.4 Å². The van der Waals surface area contributed by atoms with Crippen LogP contribution in [0.5, 0.6) is 0 Å². The second-order valence-electron chi connectivity index (χ2n) is 6.34. The van der Waals surface area contributed by atoms with Gasteiger partial charge < -0.3 is 10.0 Å². The van der Waals surface area contributed by atoms with Crippen LogP contribution >= 0.6 is 23.7 Å². The van der Waals surface area contributed by atoms with Crippen molar-refractivity contribution in [2.45, 2.75) is 26.3 Å². The Morgan fingerprint density at radius 3 is 2.52 bits per heavy atom. The lowest BCUT2D eigenvalue weighted by Crippen LogP contribution is -2.29. The Kier molecular flexibility index (Phi) is 7.33. The smallest absolute Gasteiger partial charge is 0.323 e. The number of hydrogen-bond donors (Lipinski definition) is 1. The Bertz CT molecular complexity index is 867. The molecule has 0 aliphatic rings. The number of carboxylic acid groups (broad SMARTS) is 1. The maximum absolute atomic E-state index is 11.3. The van der Waals surface area contributed by atoms with Crippen LogP contribution in [-0.2, 0) is 11.3 Å². The maximum atomic E-state index is 11.3. The molecule has 27 heavy (non-hydrogen) atoms. The van der Waals surface area contributed by atoms with Crippen molar-refractivity contribution in [1.82, 2.24) is 9.97 Å². The molecular formula is C20H22ClN3O2S. The van der Waals surface area contributed by atoms with E-state index in [2.05, 4.69) is 35.9 Å². The van der Waals surface area contributed by atoms with Crippen molar-refractivity contribution in [3.8, 4) is 11.4 Å². The van der Waals surface area contributed by atoms with E-state index in [0.29, 0.717) is 24.1 Å². The zero-order chi connectivity index (χ0) is 18.5. The molecular weight excluding hydrogens is 382 g/mol. The zero-order valence-corrected chi connectivity index (χ0v) is 16.8. The van der Waals surface area contributed by atoms with Crippen LogP contribution in [0.1, 0.15) is 30.2 Å². The number of anilines is 1. The fourth-order valence-corrected chi connectivity index (χ4v) is 3.37. The molecule has 3 rings (SSSR count). The first-order valence-corrected chi connectivity index (χ1v) is 9.33. The molecule has 1 aromatic carbocycles. The molecule has 0 amide bonds. The number of benzene rings is 1. The van der Waals surface area contributed by atoms with Crippen molar-refractivity contribution in [3.63, 3.8) is 0 Å². The van der Waals surface area contributed by atoms with Gasteiger partial charge in [-0.05, 0) is 29.0 Å². The largest absolute Gasteiger partial charge is 0.480 e. The number of aromatic nitrogens is 2. The molecule has 0 radical (unpaired) electrons. The van der Waals surface area contributed by atoms with E-state index < -0.39 is 5.97 Å². The normalized spacial score (nSPS) is 10.5. The van der Waals surface area contributed by atoms with E-state index >= 15 is 0 Å². The Hall–Kier alpha value is -2.44. The second-order valence-corrected chi connectivity index (χ2v) is 7.38. The molecule has 0 unspecified atom stereocenters. The molecule has 7 heteroatoms. The van der Waals surface area contributed by atoms with E-state index in [9.17, 15) is 9.90 Å². The molecule has 0 spiro atoms. The molecule has 2 aromatic heterocycles. The first-order chi connectivity index (χ1) is 12.5. The molecule has 0 saturated heterocycles. The zero-order valence-electron chi connectivity index (χ0n) is 15.2. The standard InChI is InChI=1S/C20H21N3O2S.ClH/c1-14(2)15-5-7-16(8-6-15)20-21-10-9-18(22-20)23(13-19(24)25)12-17-4-3-11-26-17;/h3-11,14H,12-13H2,1-2H3,(H,24,25);1H. The van der Waals surface area contributed by atoms with Gasteiger partial charge in [0, 0.05) is 16.6 Å². The van der Waals surface area contributed by atoms with Crippen LogP contribution in [0.2, 0.25) is 0 Å². The summed E-state index contributed by atoms with van der Waals surface area (Å²) >= 11 is 1.60. The van der Waals surface area contributed by atoms with Crippen molar-refractivity contribution in [2.75, 3.05) is 11.4 Å². The van der Waals surface area contributed by atoms with Crippen LogP contribution < -0.4 is 4.90 Å². The fourth-order valence-electron chi connectivity index (χ4n) is 2.65. The summed E-state index contributed by atoms with van der Waals surface area (Å²) in [6, 6.07) is 13.9. The lowest BCUT2D eigenvalue weighted by molar-refractivity contribution is -0.135. The Morgan fingerprint density at radius 1 is 1.19 bits per heavy atom. The molecule has 1 N–H and O–H groups in total. The number of thiophene rings is 1.